The summed E-state index contributed by atoms with van der Waals surface area (Å²) < 4.78 is 38.6. The summed E-state index contributed by atoms with van der Waals surface area (Å²) in [6.07, 6.45) is 9.65. The Kier molecular flexibility index (Phi) is 5.57. The Labute approximate surface area is 184 Å². The van der Waals surface area contributed by atoms with Crippen molar-refractivity contribution in [3.8, 4) is 0 Å². The van der Waals surface area contributed by atoms with E-state index in [0.29, 0.717) is 13.2 Å². The second-order valence-corrected chi connectivity index (χ2v) is 9.84. The zero-order valence-corrected chi connectivity index (χ0v) is 18.2. The molecule has 5 aliphatic rings. The summed E-state index contributed by atoms with van der Waals surface area (Å²) >= 11 is 0. The number of ether oxygens (including phenoxy) is 6. The molecule has 3 aliphatic heterocycles. The molecule has 1 aromatic carbocycles. The molecule has 1 aromatic rings. The Balaban J connectivity index is 1.19. The topological polar surface area (TPSA) is 55.4 Å². The number of hydrogen-bond acceptors (Lipinski definition) is 6. The predicted molar refractivity (Wildman–Crippen MR) is 112 cm³/mol. The van der Waals surface area contributed by atoms with Crippen molar-refractivity contribution in [1.29, 1.82) is 0 Å². The van der Waals surface area contributed by atoms with Crippen LogP contribution in [0.4, 0.5) is 0 Å². The van der Waals surface area contributed by atoms with Crippen molar-refractivity contribution in [2.45, 2.75) is 113 Å². The maximum absolute atomic E-state index is 6.57. The number of rotatable bonds is 4. The van der Waals surface area contributed by atoms with Gasteiger partial charge in [0.15, 0.2) is 17.9 Å². The fraction of sp³-hybridized carbons (Fsp3) is 0.760. The van der Waals surface area contributed by atoms with E-state index in [0.717, 1.165) is 56.9 Å². The number of hydrogen-bond donors (Lipinski definition) is 0. The minimum absolute atomic E-state index is 0.154. The van der Waals surface area contributed by atoms with Gasteiger partial charge in [-0.3, -0.25) is 0 Å². The second-order valence-electron chi connectivity index (χ2n) is 9.84. The van der Waals surface area contributed by atoms with Crippen LogP contribution in [0.5, 0.6) is 0 Å². The van der Waals surface area contributed by atoms with Crippen LogP contribution in [0, 0.1) is 0 Å². The summed E-state index contributed by atoms with van der Waals surface area (Å²) in [5.41, 5.74) is 1.14. The molecule has 2 aliphatic carbocycles. The molecule has 5 atom stereocenters. The molecule has 0 unspecified atom stereocenters. The first-order valence-corrected chi connectivity index (χ1v) is 12.2. The van der Waals surface area contributed by atoms with Crippen LogP contribution < -0.4 is 0 Å². The van der Waals surface area contributed by atoms with Crippen LogP contribution in [0.3, 0.4) is 0 Å². The van der Waals surface area contributed by atoms with Crippen LogP contribution in [0.2, 0.25) is 0 Å². The lowest BCUT2D eigenvalue weighted by Gasteiger charge is -2.35. The first kappa shape index (κ1) is 20.6. The molecule has 0 radical (unpaired) electrons. The molecule has 2 spiro atoms. The standard InChI is InChI=1S/C25H34O6/c1-4-10-18(11-5-1)16-26-21-20(19-17-27-24(29-19)12-6-2-7-13-24)28-23-22(21)30-25(31-23)14-8-3-9-15-25/h1,4-5,10-11,19-23H,2-3,6-9,12-17H2/t19-,20+,21-,22+,23+/m0/s1. The van der Waals surface area contributed by atoms with Crippen LogP contribution in [0.1, 0.15) is 69.8 Å². The van der Waals surface area contributed by atoms with Gasteiger partial charge in [-0.1, -0.05) is 43.2 Å². The molecule has 0 bridgehead atoms. The van der Waals surface area contributed by atoms with E-state index in [2.05, 4.69) is 12.1 Å². The van der Waals surface area contributed by atoms with Crippen LogP contribution in [0.25, 0.3) is 0 Å². The highest BCUT2D eigenvalue weighted by molar-refractivity contribution is 5.14. The highest BCUT2D eigenvalue weighted by Crippen LogP contribution is 2.48. The van der Waals surface area contributed by atoms with Crippen LogP contribution in [-0.4, -0.2) is 48.9 Å². The van der Waals surface area contributed by atoms with Gasteiger partial charge < -0.3 is 28.4 Å². The highest BCUT2D eigenvalue weighted by atomic mass is 16.9. The largest absolute Gasteiger partial charge is 0.368 e. The molecule has 0 amide bonds. The van der Waals surface area contributed by atoms with E-state index in [1.54, 1.807) is 0 Å². The van der Waals surface area contributed by atoms with Crippen molar-refractivity contribution < 1.29 is 28.4 Å². The van der Waals surface area contributed by atoms with E-state index in [9.17, 15) is 0 Å². The lowest BCUT2D eigenvalue weighted by atomic mass is 9.94. The molecular weight excluding hydrogens is 396 g/mol. The third kappa shape index (κ3) is 3.96. The van der Waals surface area contributed by atoms with Crippen molar-refractivity contribution >= 4 is 0 Å². The summed E-state index contributed by atoms with van der Waals surface area (Å²) in [5, 5.41) is 0. The summed E-state index contributed by atoms with van der Waals surface area (Å²) in [7, 11) is 0. The predicted octanol–water partition coefficient (Wildman–Crippen LogP) is 4.45. The Hall–Kier alpha value is -1.02. The van der Waals surface area contributed by atoms with Crippen molar-refractivity contribution in [2.24, 2.45) is 0 Å². The Bertz CT molecular complexity index is 742. The van der Waals surface area contributed by atoms with Crippen LogP contribution in [0.15, 0.2) is 30.3 Å². The lowest BCUT2D eigenvalue weighted by molar-refractivity contribution is -0.263. The Morgan fingerprint density at radius 1 is 0.774 bits per heavy atom. The van der Waals surface area contributed by atoms with Crippen molar-refractivity contribution in [1.82, 2.24) is 0 Å². The summed E-state index contributed by atoms with van der Waals surface area (Å²) in [6.45, 7) is 1.06. The smallest absolute Gasteiger partial charge is 0.190 e. The fourth-order valence-corrected chi connectivity index (χ4v) is 6.03. The average molecular weight is 431 g/mol. The molecule has 3 saturated heterocycles. The number of fused-ring (bicyclic) bond motifs is 1. The highest BCUT2D eigenvalue weighted by Gasteiger charge is 2.61. The third-order valence-corrected chi connectivity index (χ3v) is 7.65. The van der Waals surface area contributed by atoms with Gasteiger partial charge in [0, 0.05) is 25.7 Å². The molecule has 2 saturated carbocycles. The zero-order valence-electron chi connectivity index (χ0n) is 18.2. The molecule has 6 rings (SSSR count). The van der Waals surface area contributed by atoms with Gasteiger partial charge in [0.25, 0.3) is 0 Å². The molecule has 6 nitrogen and oxygen atoms in total. The first-order chi connectivity index (χ1) is 15.2. The van der Waals surface area contributed by atoms with E-state index in [1.807, 2.05) is 18.2 Å². The molecule has 3 heterocycles. The van der Waals surface area contributed by atoms with E-state index in [-0.39, 0.29) is 24.4 Å². The molecule has 170 valence electrons. The monoisotopic (exact) mass is 430 g/mol. The zero-order chi connectivity index (χ0) is 20.7. The maximum atomic E-state index is 6.57. The van der Waals surface area contributed by atoms with Crippen LogP contribution in [-0.2, 0) is 35.0 Å². The van der Waals surface area contributed by atoms with Gasteiger partial charge in [-0.05, 0) is 31.2 Å². The summed E-state index contributed by atoms with van der Waals surface area (Å²) in [6, 6.07) is 10.3. The quantitative estimate of drug-likeness (QED) is 0.704. The minimum Gasteiger partial charge on any atom is -0.368 e. The maximum Gasteiger partial charge on any atom is 0.190 e. The van der Waals surface area contributed by atoms with Crippen molar-refractivity contribution in [3.63, 3.8) is 0 Å². The van der Waals surface area contributed by atoms with E-state index >= 15 is 0 Å². The van der Waals surface area contributed by atoms with Crippen LogP contribution >= 0.6 is 0 Å². The molecule has 6 heteroatoms. The fourth-order valence-electron chi connectivity index (χ4n) is 6.03. The van der Waals surface area contributed by atoms with Gasteiger partial charge in [0.1, 0.15) is 24.4 Å². The molecule has 0 N–H and O–H groups in total. The van der Waals surface area contributed by atoms with Gasteiger partial charge in [0.2, 0.25) is 0 Å². The first-order valence-electron chi connectivity index (χ1n) is 12.2. The molecular formula is C25H34O6. The van der Waals surface area contributed by atoms with Gasteiger partial charge in [-0.15, -0.1) is 0 Å². The summed E-state index contributed by atoms with van der Waals surface area (Å²) in [4.78, 5) is 0. The van der Waals surface area contributed by atoms with Gasteiger partial charge >= 0.3 is 0 Å². The summed E-state index contributed by atoms with van der Waals surface area (Å²) in [5.74, 6) is -0.926. The van der Waals surface area contributed by atoms with Gasteiger partial charge in [-0.25, -0.2) is 0 Å². The van der Waals surface area contributed by atoms with Gasteiger partial charge in [-0.2, -0.15) is 0 Å². The van der Waals surface area contributed by atoms with Gasteiger partial charge in [0.05, 0.1) is 13.2 Å². The van der Waals surface area contributed by atoms with E-state index < -0.39 is 17.9 Å². The third-order valence-electron chi connectivity index (χ3n) is 7.65. The minimum atomic E-state index is -0.496. The second kappa shape index (κ2) is 8.40. The normalized spacial score (nSPS) is 38.6. The van der Waals surface area contributed by atoms with Crippen molar-refractivity contribution in [3.05, 3.63) is 35.9 Å². The average Bonchev–Trinajstić information content (AvgIpc) is 3.46. The molecule has 5 fully saturated rings. The molecule has 0 aromatic heterocycles. The van der Waals surface area contributed by atoms with Crippen molar-refractivity contribution in [2.75, 3.05) is 6.61 Å². The lowest BCUT2D eigenvalue weighted by Crippen LogP contribution is -2.45. The Morgan fingerprint density at radius 2 is 1.48 bits per heavy atom. The SMILES string of the molecule is c1ccc(CO[C@@H]2[C@H]3OC4(CCCCC4)O[C@H]3O[C@@H]2[C@@H]2COC3(CCCCC3)O2)cc1. The van der Waals surface area contributed by atoms with E-state index in [4.69, 9.17) is 28.4 Å². The van der Waals surface area contributed by atoms with E-state index in [1.165, 1.54) is 12.8 Å². The number of benzene rings is 1. The molecule has 31 heavy (non-hydrogen) atoms. The Morgan fingerprint density at radius 3 is 2.23 bits per heavy atom.